The number of rotatable bonds is 5. The summed E-state index contributed by atoms with van der Waals surface area (Å²) in [6, 6.07) is 18.3. The molecule has 2 aromatic carbocycles. The Bertz CT molecular complexity index is 985. The smallest absolute Gasteiger partial charge is 0.157 e. The normalized spacial score (nSPS) is 12.4. The number of aryl methyl sites for hydroxylation is 1. The van der Waals surface area contributed by atoms with Gasteiger partial charge in [0.1, 0.15) is 11.7 Å². The Morgan fingerprint density at radius 1 is 1.12 bits per heavy atom. The summed E-state index contributed by atoms with van der Waals surface area (Å²) in [6.07, 6.45) is 2.60. The topological polar surface area (TPSA) is 89.3 Å². The molecule has 0 unspecified atom stereocenters. The van der Waals surface area contributed by atoms with E-state index in [2.05, 4.69) is 34.3 Å². The van der Waals surface area contributed by atoms with Crippen LogP contribution in [-0.2, 0) is 6.42 Å². The summed E-state index contributed by atoms with van der Waals surface area (Å²) in [5.74, 6) is 1.61. The SMILES string of the molecule is CCc1cccc(Nc2nc(/N=C(N)\C=C(\C)N)cc3ccccc23)c1. The minimum absolute atomic E-state index is 0.326. The minimum atomic E-state index is 0.326. The lowest BCUT2D eigenvalue weighted by molar-refractivity contribution is 1.14. The monoisotopic (exact) mass is 345 g/mol. The quantitative estimate of drug-likeness (QED) is 0.472. The molecule has 0 bridgehead atoms. The molecule has 0 saturated carbocycles. The van der Waals surface area contributed by atoms with Crippen molar-refractivity contribution in [3.8, 4) is 0 Å². The second-order valence-corrected chi connectivity index (χ2v) is 6.15. The van der Waals surface area contributed by atoms with Gasteiger partial charge >= 0.3 is 0 Å². The van der Waals surface area contributed by atoms with Gasteiger partial charge < -0.3 is 16.8 Å². The number of aromatic nitrogens is 1. The lowest BCUT2D eigenvalue weighted by Crippen LogP contribution is -2.10. The molecule has 1 heterocycles. The van der Waals surface area contributed by atoms with Crippen LogP contribution in [-0.4, -0.2) is 10.8 Å². The fraction of sp³-hybridized carbons (Fsp3) is 0.143. The third-order valence-corrected chi connectivity index (χ3v) is 3.94. The highest BCUT2D eigenvalue weighted by Gasteiger charge is 2.07. The van der Waals surface area contributed by atoms with Crippen molar-refractivity contribution in [3.63, 3.8) is 0 Å². The number of amidine groups is 1. The second kappa shape index (κ2) is 7.70. The van der Waals surface area contributed by atoms with Gasteiger partial charge in [0, 0.05) is 16.8 Å². The molecule has 5 nitrogen and oxygen atoms in total. The maximum absolute atomic E-state index is 5.92. The molecule has 3 rings (SSSR count). The number of aliphatic imine (C=N–C) groups is 1. The van der Waals surface area contributed by atoms with Gasteiger partial charge in [-0.3, -0.25) is 0 Å². The van der Waals surface area contributed by atoms with Gasteiger partial charge in [0.05, 0.1) is 0 Å². The molecule has 1 aromatic heterocycles. The van der Waals surface area contributed by atoms with Crippen molar-refractivity contribution in [2.24, 2.45) is 16.5 Å². The zero-order chi connectivity index (χ0) is 18.5. The Kier molecular flexibility index (Phi) is 5.17. The van der Waals surface area contributed by atoms with Crippen LogP contribution in [0.5, 0.6) is 0 Å². The summed E-state index contributed by atoms with van der Waals surface area (Å²) >= 11 is 0. The molecule has 3 aromatic rings. The molecule has 26 heavy (non-hydrogen) atoms. The molecule has 0 amide bonds. The standard InChI is InChI=1S/C21H23N5/c1-3-15-7-6-9-17(12-15)24-21-18-10-5-4-8-16(18)13-20(26-21)25-19(23)11-14(2)22/h4-13H,3,22H2,1-2H3,(H3,23,24,25,26)/b14-11-. The van der Waals surface area contributed by atoms with E-state index in [0.717, 1.165) is 28.7 Å². The molecule has 0 aliphatic rings. The number of nitrogens with two attached hydrogens (primary N) is 2. The van der Waals surface area contributed by atoms with Gasteiger partial charge in [-0.2, -0.15) is 0 Å². The van der Waals surface area contributed by atoms with Crippen molar-refractivity contribution in [2.75, 3.05) is 5.32 Å². The lowest BCUT2D eigenvalue weighted by atomic mass is 10.1. The summed E-state index contributed by atoms with van der Waals surface area (Å²) in [4.78, 5) is 9.02. The summed E-state index contributed by atoms with van der Waals surface area (Å²) in [5, 5.41) is 5.48. The first kappa shape index (κ1) is 17.5. The number of pyridine rings is 1. The largest absolute Gasteiger partial charge is 0.402 e. The van der Waals surface area contributed by atoms with E-state index in [0.29, 0.717) is 17.4 Å². The first-order chi connectivity index (χ1) is 12.5. The van der Waals surface area contributed by atoms with Gasteiger partial charge in [0.15, 0.2) is 5.82 Å². The van der Waals surface area contributed by atoms with E-state index in [1.807, 2.05) is 42.5 Å². The third kappa shape index (κ3) is 4.19. The Morgan fingerprint density at radius 2 is 1.92 bits per heavy atom. The van der Waals surface area contributed by atoms with E-state index in [4.69, 9.17) is 11.5 Å². The number of nitrogens with zero attached hydrogens (tertiary/aromatic N) is 2. The average Bonchev–Trinajstić information content (AvgIpc) is 2.61. The van der Waals surface area contributed by atoms with Crippen molar-refractivity contribution in [2.45, 2.75) is 20.3 Å². The molecule has 0 radical (unpaired) electrons. The maximum Gasteiger partial charge on any atom is 0.157 e. The highest BCUT2D eigenvalue weighted by atomic mass is 15.0. The van der Waals surface area contributed by atoms with Crippen LogP contribution in [0, 0.1) is 0 Å². The van der Waals surface area contributed by atoms with Gasteiger partial charge in [0.25, 0.3) is 0 Å². The lowest BCUT2D eigenvalue weighted by Gasteiger charge is -2.11. The van der Waals surface area contributed by atoms with E-state index in [9.17, 15) is 0 Å². The van der Waals surface area contributed by atoms with Crippen LogP contribution in [0.25, 0.3) is 10.8 Å². The number of fused-ring (bicyclic) bond motifs is 1. The average molecular weight is 345 g/mol. The molecule has 0 aliphatic heterocycles. The fourth-order valence-electron chi connectivity index (χ4n) is 2.74. The maximum atomic E-state index is 5.92. The predicted molar refractivity (Wildman–Crippen MR) is 110 cm³/mol. The van der Waals surface area contributed by atoms with Crippen LogP contribution in [0.15, 0.2) is 71.4 Å². The predicted octanol–water partition coefficient (Wildman–Crippen LogP) is 4.39. The van der Waals surface area contributed by atoms with E-state index in [-0.39, 0.29) is 0 Å². The number of anilines is 2. The minimum Gasteiger partial charge on any atom is -0.402 e. The third-order valence-electron chi connectivity index (χ3n) is 3.94. The number of hydrogen-bond donors (Lipinski definition) is 3. The highest BCUT2D eigenvalue weighted by molar-refractivity contribution is 5.97. The van der Waals surface area contributed by atoms with E-state index in [1.54, 1.807) is 13.0 Å². The molecular formula is C21H23N5. The summed E-state index contributed by atoms with van der Waals surface area (Å²) in [5.41, 5.74) is 14.4. The molecule has 0 fully saturated rings. The Hall–Kier alpha value is -3.34. The van der Waals surface area contributed by atoms with Crippen LogP contribution in [0.2, 0.25) is 0 Å². The van der Waals surface area contributed by atoms with Crippen molar-refractivity contribution in [3.05, 3.63) is 71.9 Å². The number of benzene rings is 2. The van der Waals surface area contributed by atoms with Crippen LogP contribution < -0.4 is 16.8 Å². The number of nitrogens with one attached hydrogen (secondary N) is 1. The van der Waals surface area contributed by atoms with Crippen LogP contribution in [0.3, 0.4) is 0 Å². The van der Waals surface area contributed by atoms with Gasteiger partial charge in [-0.05, 0) is 48.6 Å². The number of hydrogen-bond acceptors (Lipinski definition) is 4. The first-order valence-electron chi connectivity index (χ1n) is 8.59. The Morgan fingerprint density at radius 3 is 2.69 bits per heavy atom. The van der Waals surface area contributed by atoms with Crippen molar-refractivity contribution in [1.82, 2.24) is 4.98 Å². The van der Waals surface area contributed by atoms with E-state index in [1.165, 1.54) is 5.56 Å². The first-order valence-corrected chi connectivity index (χ1v) is 8.59. The molecule has 132 valence electrons. The zero-order valence-electron chi connectivity index (χ0n) is 15.0. The number of allylic oxidation sites excluding steroid dienone is 1. The molecule has 5 heteroatoms. The fourth-order valence-corrected chi connectivity index (χ4v) is 2.74. The molecule has 0 spiro atoms. The van der Waals surface area contributed by atoms with E-state index < -0.39 is 0 Å². The van der Waals surface area contributed by atoms with Gasteiger partial charge in [-0.1, -0.05) is 43.3 Å². The Balaban J connectivity index is 2.06. The van der Waals surface area contributed by atoms with Gasteiger partial charge in [-0.25, -0.2) is 9.98 Å². The van der Waals surface area contributed by atoms with Crippen molar-refractivity contribution >= 4 is 33.9 Å². The highest BCUT2D eigenvalue weighted by Crippen LogP contribution is 2.28. The molecule has 0 atom stereocenters. The van der Waals surface area contributed by atoms with Crippen molar-refractivity contribution < 1.29 is 0 Å². The van der Waals surface area contributed by atoms with Gasteiger partial charge in [0.2, 0.25) is 0 Å². The van der Waals surface area contributed by atoms with Crippen LogP contribution >= 0.6 is 0 Å². The second-order valence-electron chi connectivity index (χ2n) is 6.15. The van der Waals surface area contributed by atoms with Gasteiger partial charge in [-0.15, -0.1) is 0 Å². The van der Waals surface area contributed by atoms with Crippen molar-refractivity contribution in [1.29, 1.82) is 0 Å². The molecule has 0 aliphatic carbocycles. The van der Waals surface area contributed by atoms with Crippen LogP contribution in [0.1, 0.15) is 19.4 Å². The van der Waals surface area contributed by atoms with Crippen LogP contribution in [0.4, 0.5) is 17.3 Å². The van der Waals surface area contributed by atoms with E-state index >= 15 is 0 Å². The molecule has 5 N–H and O–H groups in total. The Labute approximate surface area is 153 Å². The molecular weight excluding hydrogens is 322 g/mol. The molecule has 0 saturated heterocycles. The summed E-state index contributed by atoms with van der Waals surface area (Å²) in [7, 11) is 0. The summed E-state index contributed by atoms with van der Waals surface area (Å²) in [6.45, 7) is 3.90. The summed E-state index contributed by atoms with van der Waals surface area (Å²) < 4.78 is 0. The zero-order valence-corrected chi connectivity index (χ0v) is 15.0.